The molecule has 1 radical (unpaired) electrons. The molecule has 0 bridgehead atoms. The number of anilines is 2. The summed E-state index contributed by atoms with van der Waals surface area (Å²) in [6, 6.07) is 15.2. The van der Waals surface area contributed by atoms with Crippen LogP contribution in [0.2, 0.25) is 0 Å². The van der Waals surface area contributed by atoms with Crippen molar-refractivity contribution >= 4 is 23.4 Å². The normalized spacial score (nSPS) is 17.0. The number of fused-ring (bicyclic) bond motifs is 1. The third kappa shape index (κ3) is 3.32. The quantitative estimate of drug-likeness (QED) is 0.924. The van der Waals surface area contributed by atoms with E-state index in [1.807, 2.05) is 30.3 Å². The van der Waals surface area contributed by atoms with E-state index in [2.05, 4.69) is 5.32 Å². The monoisotopic (exact) mass is 310 g/mol. The molecule has 0 aromatic heterocycles. The molecule has 6 heteroatoms. The van der Waals surface area contributed by atoms with Crippen molar-refractivity contribution in [3.63, 3.8) is 0 Å². The van der Waals surface area contributed by atoms with Crippen LogP contribution in [0, 0.1) is 0 Å². The fourth-order valence-corrected chi connectivity index (χ4v) is 2.37. The van der Waals surface area contributed by atoms with Crippen LogP contribution in [0.25, 0.3) is 0 Å². The van der Waals surface area contributed by atoms with Gasteiger partial charge in [-0.1, -0.05) is 42.5 Å². The second-order valence-electron chi connectivity index (χ2n) is 5.21. The summed E-state index contributed by atoms with van der Waals surface area (Å²) in [6.45, 7) is 0.0961. The molecule has 2 aromatic carbocycles. The lowest BCUT2D eigenvalue weighted by Crippen LogP contribution is -2.41. The first kappa shape index (κ1) is 15.1. The Morgan fingerprint density at radius 2 is 1.87 bits per heavy atom. The van der Waals surface area contributed by atoms with Gasteiger partial charge in [0, 0.05) is 0 Å². The molecule has 23 heavy (non-hydrogen) atoms. The number of benzene rings is 2. The Kier molecular flexibility index (Phi) is 4.25. The van der Waals surface area contributed by atoms with Gasteiger partial charge in [-0.3, -0.25) is 9.69 Å². The summed E-state index contributed by atoms with van der Waals surface area (Å²) < 4.78 is 5.33. The number of nitrogens with one attached hydrogen (secondary N) is 2. The number of carbonyl (C=O) groups excluding carboxylic acids is 2. The number of para-hydroxylation sites is 2. The highest BCUT2D eigenvalue weighted by molar-refractivity contribution is 6.04. The van der Waals surface area contributed by atoms with Crippen LogP contribution in [0.3, 0.4) is 0 Å². The predicted molar refractivity (Wildman–Crippen MR) is 85.9 cm³/mol. The van der Waals surface area contributed by atoms with Gasteiger partial charge in [-0.2, -0.15) is 0 Å². The highest BCUT2D eigenvalue weighted by Crippen LogP contribution is 2.29. The van der Waals surface area contributed by atoms with Crippen molar-refractivity contribution in [1.82, 2.24) is 5.73 Å². The number of amides is 2. The SMILES string of the molecule is [NH]C1CN(C(=O)OCc2ccccc2)c2ccccc2NC1=O. The molecule has 1 aliphatic rings. The van der Waals surface area contributed by atoms with Gasteiger partial charge in [-0.15, -0.1) is 0 Å². The molecule has 1 heterocycles. The van der Waals surface area contributed by atoms with Crippen LogP contribution in [0.4, 0.5) is 16.2 Å². The predicted octanol–water partition coefficient (Wildman–Crippen LogP) is 2.43. The lowest BCUT2D eigenvalue weighted by atomic mass is 10.2. The second kappa shape index (κ2) is 6.50. The Bertz CT molecular complexity index is 718. The van der Waals surface area contributed by atoms with Crippen molar-refractivity contribution < 1.29 is 14.3 Å². The number of carbonyl (C=O) groups is 2. The van der Waals surface area contributed by atoms with Gasteiger partial charge in [-0.05, 0) is 17.7 Å². The maximum absolute atomic E-state index is 12.4. The topological polar surface area (TPSA) is 82.4 Å². The molecule has 0 saturated carbocycles. The van der Waals surface area contributed by atoms with Gasteiger partial charge in [0.2, 0.25) is 5.91 Å². The van der Waals surface area contributed by atoms with E-state index in [9.17, 15) is 9.59 Å². The van der Waals surface area contributed by atoms with E-state index in [4.69, 9.17) is 10.5 Å². The number of ether oxygens (including phenoxy) is 1. The molecule has 3 rings (SSSR count). The van der Waals surface area contributed by atoms with Crippen molar-refractivity contribution in [3.05, 3.63) is 60.2 Å². The van der Waals surface area contributed by atoms with Gasteiger partial charge in [0.05, 0.1) is 17.9 Å². The summed E-state index contributed by atoms with van der Waals surface area (Å²) in [5.74, 6) is -0.434. The van der Waals surface area contributed by atoms with Crippen molar-refractivity contribution in [2.45, 2.75) is 12.6 Å². The molecule has 2 N–H and O–H groups in total. The van der Waals surface area contributed by atoms with Crippen LogP contribution in [-0.2, 0) is 16.1 Å². The maximum Gasteiger partial charge on any atom is 0.414 e. The molecule has 117 valence electrons. The molecule has 0 spiro atoms. The minimum absolute atomic E-state index is 0.0452. The summed E-state index contributed by atoms with van der Waals surface area (Å²) in [4.78, 5) is 25.6. The Balaban J connectivity index is 1.80. The fraction of sp³-hybridized carbons (Fsp3) is 0.176. The standard InChI is InChI=1S/C17H16N3O3/c18-13-10-20(15-9-5-4-8-14(15)19-16(13)21)17(22)23-11-12-6-2-1-3-7-12/h1-9,13,18H,10-11H2,(H,19,21). The highest BCUT2D eigenvalue weighted by Gasteiger charge is 2.30. The molecular formula is C17H16N3O3. The van der Waals surface area contributed by atoms with Crippen molar-refractivity contribution in [3.8, 4) is 0 Å². The summed E-state index contributed by atoms with van der Waals surface area (Å²) in [6.07, 6.45) is -0.574. The molecule has 1 aliphatic heterocycles. The number of hydrogen-bond donors (Lipinski definition) is 1. The van der Waals surface area contributed by atoms with Crippen LogP contribution in [0.5, 0.6) is 0 Å². The van der Waals surface area contributed by atoms with Gasteiger partial charge in [0.25, 0.3) is 0 Å². The number of hydrogen-bond acceptors (Lipinski definition) is 3. The minimum atomic E-state index is -1.06. The third-order valence-electron chi connectivity index (χ3n) is 3.56. The Hall–Kier alpha value is -2.86. The van der Waals surface area contributed by atoms with Crippen LogP contribution in [0.15, 0.2) is 54.6 Å². The average Bonchev–Trinajstić information content (AvgIpc) is 2.71. The van der Waals surface area contributed by atoms with E-state index in [0.717, 1.165) is 5.56 Å². The molecule has 6 nitrogen and oxygen atoms in total. The zero-order valence-electron chi connectivity index (χ0n) is 12.4. The van der Waals surface area contributed by atoms with E-state index >= 15 is 0 Å². The fourth-order valence-electron chi connectivity index (χ4n) is 2.37. The first-order valence-electron chi connectivity index (χ1n) is 7.24. The summed E-state index contributed by atoms with van der Waals surface area (Å²) >= 11 is 0. The Morgan fingerprint density at radius 1 is 1.17 bits per heavy atom. The Morgan fingerprint density at radius 3 is 2.65 bits per heavy atom. The largest absolute Gasteiger partial charge is 0.444 e. The van der Waals surface area contributed by atoms with Crippen LogP contribution in [-0.4, -0.2) is 24.6 Å². The third-order valence-corrected chi connectivity index (χ3v) is 3.56. The summed E-state index contributed by atoms with van der Waals surface area (Å²) in [5, 5.41) is 2.65. The van der Waals surface area contributed by atoms with Gasteiger partial charge in [0.1, 0.15) is 12.6 Å². The summed E-state index contributed by atoms with van der Waals surface area (Å²) in [5.41, 5.74) is 9.77. The average molecular weight is 310 g/mol. The molecular weight excluding hydrogens is 294 g/mol. The summed E-state index contributed by atoms with van der Waals surface area (Å²) in [7, 11) is 0. The molecule has 2 amide bonds. The molecule has 0 fully saturated rings. The first-order chi connectivity index (χ1) is 11.1. The van der Waals surface area contributed by atoms with E-state index in [0.29, 0.717) is 11.4 Å². The van der Waals surface area contributed by atoms with E-state index in [1.54, 1.807) is 24.3 Å². The Labute approximate surface area is 133 Å². The van der Waals surface area contributed by atoms with E-state index in [1.165, 1.54) is 4.90 Å². The van der Waals surface area contributed by atoms with E-state index < -0.39 is 18.0 Å². The van der Waals surface area contributed by atoms with Crippen molar-refractivity contribution in [2.75, 3.05) is 16.8 Å². The van der Waals surface area contributed by atoms with Gasteiger partial charge in [-0.25, -0.2) is 10.5 Å². The molecule has 2 aromatic rings. The zero-order chi connectivity index (χ0) is 16.2. The van der Waals surface area contributed by atoms with Gasteiger partial charge >= 0.3 is 6.09 Å². The highest BCUT2D eigenvalue weighted by atomic mass is 16.6. The van der Waals surface area contributed by atoms with Crippen LogP contribution >= 0.6 is 0 Å². The first-order valence-corrected chi connectivity index (χ1v) is 7.24. The van der Waals surface area contributed by atoms with Crippen LogP contribution < -0.4 is 16.0 Å². The zero-order valence-corrected chi connectivity index (χ0v) is 12.4. The molecule has 1 unspecified atom stereocenters. The van der Waals surface area contributed by atoms with Crippen molar-refractivity contribution in [2.24, 2.45) is 0 Å². The lowest BCUT2D eigenvalue weighted by Gasteiger charge is -2.22. The van der Waals surface area contributed by atoms with Gasteiger partial charge < -0.3 is 10.1 Å². The number of rotatable bonds is 2. The second-order valence-corrected chi connectivity index (χ2v) is 5.21. The van der Waals surface area contributed by atoms with Crippen LogP contribution in [0.1, 0.15) is 5.56 Å². The maximum atomic E-state index is 12.4. The molecule has 0 saturated heterocycles. The smallest absolute Gasteiger partial charge is 0.414 e. The number of nitrogens with zero attached hydrogens (tertiary/aromatic N) is 1. The van der Waals surface area contributed by atoms with Gasteiger partial charge in [0.15, 0.2) is 0 Å². The van der Waals surface area contributed by atoms with Crippen molar-refractivity contribution in [1.29, 1.82) is 0 Å². The molecule has 1 atom stereocenters. The minimum Gasteiger partial charge on any atom is -0.444 e. The molecule has 0 aliphatic carbocycles. The van der Waals surface area contributed by atoms with E-state index in [-0.39, 0.29) is 13.2 Å². The lowest BCUT2D eigenvalue weighted by molar-refractivity contribution is -0.117.